The number of aliphatic hydroxyl groups excluding tert-OH is 2. The Hall–Kier alpha value is -0.810. The Morgan fingerprint density at radius 3 is 2.50 bits per heavy atom. The van der Waals surface area contributed by atoms with Gasteiger partial charge in [-0.05, 0) is 13.8 Å². The van der Waals surface area contributed by atoms with E-state index in [9.17, 15) is 4.79 Å². The molecule has 1 atom stereocenters. The molecule has 0 aromatic rings. The first-order valence-electron chi connectivity index (χ1n) is 3.89. The molecule has 0 aliphatic carbocycles. The Bertz CT molecular complexity index is 139. The van der Waals surface area contributed by atoms with Crippen molar-refractivity contribution in [1.82, 2.24) is 10.6 Å². The Morgan fingerprint density at radius 2 is 2.08 bits per heavy atom. The van der Waals surface area contributed by atoms with Gasteiger partial charge in [0.25, 0.3) is 0 Å². The zero-order chi connectivity index (χ0) is 9.56. The second-order valence-electron chi connectivity index (χ2n) is 2.85. The molecular formula is C7H16N2O3. The third-order valence-electron chi connectivity index (χ3n) is 1.13. The molecule has 0 bridgehead atoms. The first-order valence-corrected chi connectivity index (χ1v) is 3.89. The van der Waals surface area contributed by atoms with E-state index in [1.54, 1.807) is 0 Å². The fourth-order valence-electron chi connectivity index (χ4n) is 0.588. The van der Waals surface area contributed by atoms with Gasteiger partial charge in [0.15, 0.2) is 0 Å². The first kappa shape index (κ1) is 11.2. The summed E-state index contributed by atoms with van der Waals surface area (Å²) in [6.45, 7) is 3.39. The minimum absolute atomic E-state index is 0.0645. The van der Waals surface area contributed by atoms with Crippen LogP contribution in [0.1, 0.15) is 13.8 Å². The van der Waals surface area contributed by atoms with E-state index in [0.717, 1.165) is 0 Å². The standard InChI is InChI=1S/C7H16N2O3/c1-5(2)9-7(12)8-3-6(11)4-10/h5-6,10-11H,3-4H2,1-2H3,(H2,8,9,12). The van der Waals surface area contributed by atoms with Gasteiger partial charge in [0, 0.05) is 12.6 Å². The number of rotatable bonds is 4. The molecule has 12 heavy (non-hydrogen) atoms. The van der Waals surface area contributed by atoms with E-state index in [0.29, 0.717) is 0 Å². The number of amides is 2. The average molecular weight is 176 g/mol. The van der Waals surface area contributed by atoms with Crippen molar-refractivity contribution < 1.29 is 15.0 Å². The summed E-state index contributed by atoms with van der Waals surface area (Å²) in [5, 5.41) is 22.2. The maximum absolute atomic E-state index is 10.9. The summed E-state index contributed by atoms with van der Waals surface area (Å²) < 4.78 is 0. The van der Waals surface area contributed by atoms with Gasteiger partial charge in [-0.15, -0.1) is 0 Å². The molecule has 72 valence electrons. The van der Waals surface area contributed by atoms with Gasteiger partial charge in [-0.2, -0.15) is 0 Å². The van der Waals surface area contributed by atoms with Crippen molar-refractivity contribution in [2.24, 2.45) is 0 Å². The molecule has 0 aliphatic rings. The zero-order valence-electron chi connectivity index (χ0n) is 7.37. The van der Waals surface area contributed by atoms with E-state index in [1.807, 2.05) is 13.8 Å². The van der Waals surface area contributed by atoms with Gasteiger partial charge in [-0.25, -0.2) is 4.79 Å². The normalized spacial score (nSPS) is 12.8. The van der Waals surface area contributed by atoms with Crippen molar-refractivity contribution in [2.45, 2.75) is 26.0 Å². The van der Waals surface area contributed by atoms with Crippen LogP contribution in [0.25, 0.3) is 0 Å². The van der Waals surface area contributed by atoms with Gasteiger partial charge in [-0.1, -0.05) is 0 Å². The van der Waals surface area contributed by atoms with Crippen molar-refractivity contribution in [2.75, 3.05) is 13.2 Å². The third kappa shape index (κ3) is 5.94. The first-order chi connectivity index (χ1) is 5.56. The van der Waals surface area contributed by atoms with Crippen LogP contribution in [0.2, 0.25) is 0 Å². The lowest BCUT2D eigenvalue weighted by molar-refractivity contribution is 0.0959. The molecule has 0 saturated carbocycles. The maximum atomic E-state index is 10.9. The summed E-state index contributed by atoms with van der Waals surface area (Å²) in [6.07, 6.45) is -0.886. The van der Waals surface area contributed by atoms with Crippen LogP contribution in [-0.4, -0.2) is 41.5 Å². The van der Waals surface area contributed by atoms with Crippen molar-refractivity contribution in [3.05, 3.63) is 0 Å². The summed E-state index contributed by atoms with van der Waals surface area (Å²) in [5.41, 5.74) is 0. The zero-order valence-corrected chi connectivity index (χ0v) is 7.37. The molecule has 0 aliphatic heterocycles. The number of hydrogen-bond donors (Lipinski definition) is 4. The summed E-state index contributed by atoms with van der Waals surface area (Å²) >= 11 is 0. The lowest BCUT2D eigenvalue weighted by atomic mass is 10.4. The lowest BCUT2D eigenvalue weighted by Gasteiger charge is -2.11. The van der Waals surface area contributed by atoms with Gasteiger partial charge < -0.3 is 20.8 Å². The second kappa shape index (κ2) is 5.79. The van der Waals surface area contributed by atoms with Gasteiger partial charge in [0.1, 0.15) is 0 Å². The maximum Gasteiger partial charge on any atom is 0.315 e. The number of hydrogen-bond acceptors (Lipinski definition) is 3. The van der Waals surface area contributed by atoms with E-state index in [1.165, 1.54) is 0 Å². The van der Waals surface area contributed by atoms with Crippen LogP contribution in [0.15, 0.2) is 0 Å². The van der Waals surface area contributed by atoms with Gasteiger partial charge >= 0.3 is 6.03 Å². The molecule has 0 aromatic heterocycles. The molecular weight excluding hydrogens is 160 g/mol. The van der Waals surface area contributed by atoms with Gasteiger partial charge in [0.2, 0.25) is 0 Å². The van der Waals surface area contributed by atoms with Crippen molar-refractivity contribution in [3.63, 3.8) is 0 Å². The summed E-state index contributed by atoms with van der Waals surface area (Å²) in [4.78, 5) is 10.9. The van der Waals surface area contributed by atoms with E-state index in [-0.39, 0.29) is 25.2 Å². The summed E-state index contributed by atoms with van der Waals surface area (Å²) in [5.74, 6) is 0. The number of urea groups is 1. The van der Waals surface area contributed by atoms with E-state index in [2.05, 4.69) is 10.6 Å². The van der Waals surface area contributed by atoms with Crippen molar-refractivity contribution >= 4 is 6.03 Å². The van der Waals surface area contributed by atoms with Crippen LogP contribution in [0.3, 0.4) is 0 Å². The Morgan fingerprint density at radius 1 is 1.50 bits per heavy atom. The molecule has 0 radical (unpaired) electrons. The van der Waals surface area contributed by atoms with Crippen LogP contribution in [0, 0.1) is 0 Å². The third-order valence-corrected chi connectivity index (χ3v) is 1.13. The molecule has 1 unspecified atom stereocenters. The highest BCUT2D eigenvalue weighted by molar-refractivity contribution is 5.74. The van der Waals surface area contributed by atoms with Crippen molar-refractivity contribution in [1.29, 1.82) is 0 Å². The van der Waals surface area contributed by atoms with Gasteiger partial charge in [-0.3, -0.25) is 0 Å². The molecule has 0 saturated heterocycles. The van der Waals surface area contributed by atoms with Crippen LogP contribution in [0.4, 0.5) is 4.79 Å². The molecule has 0 aromatic carbocycles. The summed E-state index contributed by atoms with van der Waals surface area (Å²) in [6, 6.07) is -0.270. The van der Waals surface area contributed by atoms with Crippen molar-refractivity contribution in [3.8, 4) is 0 Å². The minimum atomic E-state index is -0.886. The molecule has 4 N–H and O–H groups in total. The molecule has 0 rings (SSSR count). The molecule has 0 spiro atoms. The Labute approximate surface area is 71.8 Å². The van der Waals surface area contributed by atoms with E-state index >= 15 is 0 Å². The van der Waals surface area contributed by atoms with Crippen LogP contribution in [-0.2, 0) is 0 Å². The fourth-order valence-corrected chi connectivity index (χ4v) is 0.588. The summed E-state index contributed by atoms with van der Waals surface area (Å²) in [7, 11) is 0. The topological polar surface area (TPSA) is 81.6 Å². The largest absolute Gasteiger partial charge is 0.394 e. The van der Waals surface area contributed by atoms with Crippen LogP contribution in [0.5, 0.6) is 0 Å². The lowest BCUT2D eigenvalue weighted by Crippen LogP contribution is -2.43. The number of nitrogens with one attached hydrogen (secondary N) is 2. The smallest absolute Gasteiger partial charge is 0.315 e. The molecule has 5 heteroatoms. The van der Waals surface area contributed by atoms with E-state index in [4.69, 9.17) is 10.2 Å². The molecule has 5 nitrogen and oxygen atoms in total. The Kier molecular flexibility index (Phi) is 5.40. The Balaban J connectivity index is 3.44. The highest BCUT2D eigenvalue weighted by Gasteiger charge is 2.05. The highest BCUT2D eigenvalue weighted by atomic mass is 16.3. The van der Waals surface area contributed by atoms with Crippen LogP contribution < -0.4 is 10.6 Å². The average Bonchev–Trinajstić information content (AvgIpc) is 1.99. The number of carbonyl (C=O) groups is 1. The quantitative estimate of drug-likeness (QED) is 0.445. The monoisotopic (exact) mass is 176 g/mol. The highest BCUT2D eigenvalue weighted by Crippen LogP contribution is 1.79. The second-order valence-corrected chi connectivity index (χ2v) is 2.85. The molecule has 0 fully saturated rings. The minimum Gasteiger partial charge on any atom is -0.394 e. The molecule has 2 amide bonds. The number of carbonyl (C=O) groups excluding carboxylic acids is 1. The van der Waals surface area contributed by atoms with Crippen LogP contribution >= 0.6 is 0 Å². The number of aliphatic hydroxyl groups is 2. The SMILES string of the molecule is CC(C)NC(=O)NCC(O)CO. The predicted octanol–water partition coefficient (Wildman–Crippen LogP) is -0.953. The molecule has 0 heterocycles. The van der Waals surface area contributed by atoms with Gasteiger partial charge in [0.05, 0.1) is 12.7 Å². The van der Waals surface area contributed by atoms with E-state index < -0.39 is 6.10 Å². The predicted molar refractivity (Wildman–Crippen MR) is 44.8 cm³/mol. The fraction of sp³-hybridized carbons (Fsp3) is 0.857.